The highest BCUT2D eigenvalue weighted by molar-refractivity contribution is 5.79. The van der Waals surface area contributed by atoms with E-state index in [1.165, 1.54) is 36.1 Å². The first-order valence-electron chi connectivity index (χ1n) is 8.25. The molecular weight excluding hydrogens is 262 g/mol. The van der Waals surface area contributed by atoms with Crippen molar-refractivity contribution in [3.05, 3.63) is 29.1 Å². The number of amides is 1. The van der Waals surface area contributed by atoms with Crippen molar-refractivity contribution in [2.75, 3.05) is 13.1 Å². The predicted molar refractivity (Wildman–Crippen MR) is 81.0 cm³/mol. The maximum atomic E-state index is 12.6. The Hall–Kier alpha value is -1.58. The van der Waals surface area contributed by atoms with E-state index in [1.807, 2.05) is 6.20 Å². The van der Waals surface area contributed by atoms with Gasteiger partial charge in [-0.1, -0.05) is 11.6 Å². The molecule has 2 heterocycles. The molecule has 3 aliphatic rings. The van der Waals surface area contributed by atoms with E-state index in [2.05, 4.69) is 21.2 Å². The molecule has 1 aromatic rings. The van der Waals surface area contributed by atoms with Crippen LogP contribution in [0.25, 0.3) is 0 Å². The van der Waals surface area contributed by atoms with Crippen LogP contribution in [0.4, 0.5) is 0 Å². The molecule has 21 heavy (non-hydrogen) atoms. The molecule has 1 unspecified atom stereocenters. The van der Waals surface area contributed by atoms with E-state index in [9.17, 15) is 4.79 Å². The third-order valence-electron chi connectivity index (χ3n) is 5.56. The van der Waals surface area contributed by atoms with Gasteiger partial charge in [0, 0.05) is 30.6 Å². The van der Waals surface area contributed by atoms with Gasteiger partial charge in [-0.2, -0.15) is 5.10 Å². The molecule has 1 aromatic heterocycles. The molecule has 1 amide bonds. The molecule has 1 fully saturated rings. The van der Waals surface area contributed by atoms with Crippen molar-refractivity contribution in [1.29, 1.82) is 0 Å². The minimum Gasteiger partial charge on any atom is -0.341 e. The summed E-state index contributed by atoms with van der Waals surface area (Å²) in [5.74, 6) is 0.329. The summed E-state index contributed by atoms with van der Waals surface area (Å²) in [6.45, 7) is 1.81. The van der Waals surface area contributed by atoms with E-state index in [0.29, 0.717) is 12.3 Å². The first-order chi connectivity index (χ1) is 10.3. The number of piperidine rings is 1. The van der Waals surface area contributed by atoms with Crippen LogP contribution in [0.15, 0.2) is 17.8 Å². The second kappa shape index (κ2) is 5.00. The lowest BCUT2D eigenvalue weighted by atomic mass is 9.77. The minimum atomic E-state index is 0.157. The number of carbonyl (C=O) groups excluding carboxylic acids is 1. The van der Waals surface area contributed by atoms with Gasteiger partial charge in [-0.15, -0.1) is 0 Å². The maximum absolute atomic E-state index is 12.6. The smallest absolute Gasteiger partial charge is 0.226 e. The van der Waals surface area contributed by atoms with Crippen molar-refractivity contribution >= 4 is 5.91 Å². The number of aromatic amines is 1. The Morgan fingerprint density at radius 3 is 3.14 bits per heavy atom. The van der Waals surface area contributed by atoms with Crippen LogP contribution in [0.3, 0.4) is 0 Å². The Kier molecular flexibility index (Phi) is 3.12. The molecule has 0 aromatic carbocycles. The summed E-state index contributed by atoms with van der Waals surface area (Å²) in [7, 11) is 0. The zero-order valence-electron chi connectivity index (χ0n) is 12.5. The number of carbonyl (C=O) groups is 1. The lowest BCUT2D eigenvalue weighted by Crippen LogP contribution is -2.47. The number of aryl methyl sites for hydroxylation is 1. The average molecular weight is 285 g/mol. The van der Waals surface area contributed by atoms with Crippen LogP contribution in [0.2, 0.25) is 0 Å². The first kappa shape index (κ1) is 13.1. The molecule has 1 atom stereocenters. The Morgan fingerprint density at radius 2 is 2.29 bits per heavy atom. The van der Waals surface area contributed by atoms with Gasteiger partial charge in [-0.3, -0.25) is 9.89 Å². The first-order valence-corrected chi connectivity index (χ1v) is 8.25. The molecule has 1 aliphatic heterocycles. The predicted octanol–water partition coefficient (Wildman–Crippen LogP) is 2.72. The summed E-state index contributed by atoms with van der Waals surface area (Å²) in [5, 5.41) is 7.42. The maximum Gasteiger partial charge on any atom is 0.226 e. The van der Waals surface area contributed by atoms with Gasteiger partial charge in [-0.05, 0) is 50.5 Å². The number of nitrogens with one attached hydrogen (secondary N) is 1. The van der Waals surface area contributed by atoms with Crippen molar-refractivity contribution in [2.24, 2.45) is 0 Å². The van der Waals surface area contributed by atoms with E-state index in [-0.39, 0.29) is 5.41 Å². The fraction of sp³-hybridized carbons (Fsp3) is 0.647. The summed E-state index contributed by atoms with van der Waals surface area (Å²) in [5.41, 5.74) is 4.18. The van der Waals surface area contributed by atoms with Crippen LogP contribution in [-0.2, 0) is 16.6 Å². The largest absolute Gasteiger partial charge is 0.341 e. The summed E-state index contributed by atoms with van der Waals surface area (Å²) in [6, 6.07) is 0. The SMILES string of the molecule is O=C(CC1=CCCC1)N1CCCC2(CCc3cn[nH]c32)C1. The molecule has 0 radical (unpaired) electrons. The van der Waals surface area contributed by atoms with Crippen LogP contribution < -0.4 is 0 Å². The van der Waals surface area contributed by atoms with E-state index >= 15 is 0 Å². The van der Waals surface area contributed by atoms with Gasteiger partial charge in [0.2, 0.25) is 5.91 Å². The van der Waals surface area contributed by atoms with Gasteiger partial charge in [0.1, 0.15) is 0 Å². The number of allylic oxidation sites excluding steroid dienone is 1. The Bertz CT molecular complexity index is 589. The number of rotatable bonds is 2. The quantitative estimate of drug-likeness (QED) is 0.849. The molecule has 4 heteroatoms. The van der Waals surface area contributed by atoms with E-state index in [0.717, 1.165) is 38.8 Å². The molecular formula is C17H23N3O. The highest BCUT2D eigenvalue weighted by Gasteiger charge is 2.44. The molecule has 112 valence electrons. The Balaban J connectivity index is 1.50. The van der Waals surface area contributed by atoms with Crippen molar-refractivity contribution in [3.8, 4) is 0 Å². The number of hydrogen-bond acceptors (Lipinski definition) is 2. The van der Waals surface area contributed by atoms with Crippen LogP contribution in [0.1, 0.15) is 56.2 Å². The average Bonchev–Trinajstić information content (AvgIpc) is 3.20. The topological polar surface area (TPSA) is 49.0 Å². The van der Waals surface area contributed by atoms with Gasteiger partial charge >= 0.3 is 0 Å². The zero-order valence-corrected chi connectivity index (χ0v) is 12.5. The fourth-order valence-electron chi connectivity index (χ4n) is 4.42. The van der Waals surface area contributed by atoms with E-state index < -0.39 is 0 Å². The molecule has 1 spiro atoms. The molecule has 0 saturated carbocycles. The lowest BCUT2D eigenvalue weighted by Gasteiger charge is -2.40. The van der Waals surface area contributed by atoms with Crippen LogP contribution in [-0.4, -0.2) is 34.1 Å². The summed E-state index contributed by atoms with van der Waals surface area (Å²) >= 11 is 0. The standard InChI is InChI=1S/C17H23N3O/c21-15(10-13-4-1-2-5-13)20-9-3-7-17(12-20)8-6-14-11-18-19-16(14)17/h4,11H,1-3,5-10,12H2,(H,18,19). The highest BCUT2D eigenvalue weighted by Crippen LogP contribution is 2.44. The van der Waals surface area contributed by atoms with Crippen molar-refractivity contribution < 1.29 is 4.79 Å². The third-order valence-corrected chi connectivity index (χ3v) is 5.56. The van der Waals surface area contributed by atoms with Gasteiger partial charge < -0.3 is 4.90 Å². The van der Waals surface area contributed by atoms with Crippen molar-refractivity contribution in [2.45, 2.75) is 56.8 Å². The van der Waals surface area contributed by atoms with Gasteiger partial charge in [0.15, 0.2) is 0 Å². The number of nitrogens with zero attached hydrogens (tertiary/aromatic N) is 2. The van der Waals surface area contributed by atoms with Gasteiger partial charge in [0.25, 0.3) is 0 Å². The fourth-order valence-corrected chi connectivity index (χ4v) is 4.42. The Morgan fingerprint density at radius 1 is 1.33 bits per heavy atom. The number of H-pyrrole nitrogens is 1. The molecule has 4 rings (SSSR count). The molecule has 1 saturated heterocycles. The van der Waals surface area contributed by atoms with Crippen LogP contribution >= 0.6 is 0 Å². The van der Waals surface area contributed by atoms with Gasteiger partial charge in [-0.25, -0.2) is 0 Å². The van der Waals surface area contributed by atoms with Gasteiger partial charge in [0.05, 0.1) is 6.20 Å². The normalized spacial score (nSPS) is 28.0. The van der Waals surface area contributed by atoms with Crippen molar-refractivity contribution in [1.82, 2.24) is 15.1 Å². The van der Waals surface area contributed by atoms with E-state index in [1.54, 1.807) is 0 Å². The molecule has 2 aliphatic carbocycles. The van der Waals surface area contributed by atoms with Crippen LogP contribution in [0.5, 0.6) is 0 Å². The van der Waals surface area contributed by atoms with E-state index in [4.69, 9.17) is 0 Å². The highest BCUT2D eigenvalue weighted by atomic mass is 16.2. The minimum absolute atomic E-state index is 0.157. The van der Waals surface area contributed by atoms with Crippen molar-refractivity contribution in [3.63, 3.8) is 0 Å². The lowest BCUT2D eigenvalue weighted by molar-refractivity contribution is -0.132. The number of hydrogen-bond donors (Lipinski definition) is 1. The summed E-state index contributed by atoms with van der Waals surface area (Å²) in [4.78, 5) is 14.7. The molecule has 4 nitrogen and oxygen atoms in total. The Labute approximate surface area is 125 Å². The summed E-state index contributed by atoms with van der Waals surface area (Å²) < 4.78 is 0. The summed E-state index contributed by atoms with van der Waals surface area (Å²) in [6.07, 6.45) is 13.0. The molecule has 0 bridgehead atoms. The number of aromatic nitrogens is 2. The second-order valence-electron chi connectivity index (χ2n) is 6.90. The second-order valence-corrected chi connectivity index (χ2v) is 6.90. The van der Waals surface area contributed by atoms with Crippen LogP contribution in [0, 0.1) is 0 Å². The molecule has 1 N–H and O–H groups in total. The zero-order chi connectivity index (χ0) is 14.3. The number of likely N-dealkylation sites (tertiary alicyclic amines) is 1. The number of fused-ring (bicyclic) bond motifs is 2. The monoisotopic (exact) mass is 285 g/mol. The third kappa shape index (κ3) is 2.21.